The third-order valence-corrected chi connectivity index (χ3v) is 2.52. The van der Waals surface area contributed by atoms with Gasteiger partial charge in [-0.3, -0.25) is 9.59 Å². The third-order valence-electron chi connectivity index (χ3n) is 1.03. The Bertz CT molecular complexity index is 108. The SMILES string of the molecule is C.CCC(=O)SC.CCC(=O)SC. The predicted octanol–water partition coefficient (Wildman–Crippen LogP) is 3.21. The fraction of sp³-hybridized carbons (Fsp3) is 0.778. The van der Waals surface area contributed by atoms with Crippen LogP contribution in [0.15, 0.2) is 0 Å². The third kappa shape index (κ3) is 18.8. The van der Waals surface area contributed by atoms with Crippen LogP contribution in [-0.4, -0.2) is 22.7 Å². The zero-order valence-corrected chi connectivity index (χ0v) is 9.68. The Kier molecular flexibility index (Phi) is 21.0. The van der Waals surface area contributed by atoms with Crippen LogP contribution in [0.3, 0.4) is 0 Å². The molecule has 0 aliphatic heterocycles. The highest BCUT2D eigenvalue weighted by atomic mass is 32.2. The van der Waals surface area contributed by atoms with Gasteiger partial charge in [0, 0.05) is 12.8 Å². The van der Waals surface area contributed by atoms with Gasteiger partial charge in [0.15, 0.2) is 10.2 Å². The molecule has 0 heterocycles. The van der Waals surface area contributed by atoms with E-state index in [0.29, 0.717) is 12.8 Å². The van der Waals surface area contributed by atoms with E-state index < -0.39 is 0 Å². The van der Waals surface area contributed by atoms with E-state index in [1.54, 1.807) is 12.5 Å². The molecule has 0 saturated heterocycles. The van der Waals surface area contributed by atoms with E-state index in [0.717, 1.165) is 0 Å². The maximum absolute atomic E-state index is 10.1. The molecule has 0 atom stereocenters. The molecule has 0 aromatic rings. The number of carbonyl (C=O) groups excluding carboxylic acids is 2. The summed E-state index contributed by atoms with van der Waals surface area (Å²) in [5, 5.41) is 0.519. The monoisotopic (exact) mass is 224 g/mol. The molecule has 0 rings (SSSR count). The van der Waals surface area contributed by atoms with Crippen molar-refractivity contribution in [1.29, 1.82) is 0 Å². The first kappa shape index (κ1) is 18.8. The summed E-state index contributed by atoms with van der Waals surface area (Å²) in [6.07, 6.45) is 4.90. The van der Waals surface area contributed by atoms with E-state index in [1.807, 2.05) is 13.8 Å². The molecule has 0 N–H and O–H groups in total. The van der Waals surface area contributed by atoms with Crippen LogP contribution < -0.4 is 0 Å². The first-order chi connectivity index (χ1) is 5.62. The van der Waals surface area contributed by atoms with Crippen molar-refractivity contribution in [1.82, 2.24) is 0 Å². The maximum atomic E-state index is 10.1. The zero-order chi connectivity index (χ0) is 9.98. The van der Waals surface area contributed by atoms with Crippen LogP contribution in [-0.2, 0) is 9.59 Å². The van der Waals surface area contributed by atoms with Crippen LogP contribution in [0.25, 0.3) is 0 Å². The molecule has 0 radical (unpaired) electrons. The predicted molar refractivity (Wildman–Crippen MR) is 64.4 cm³/mol. The Hall–Kier alpha value is 0.0400. The highest BCUT2D eigenvalue weighted by Gasteiger charge is 1.88. The molecular formula is C9H20O2S2. The highest BCUT2D eigenvalue weighted by Crippen LogP contribution is 1.96. The average molecular weight is 224 g/mol. The second kappa shape index (κ2) is 14.6. The Morgan fingerprint density at radius 1 is 0.923 bits per heavy atom. The minimum atomic E-state index is 0. The van der Waals surface area contributed by atoms with Crippen molar-refractivity contribution in [3.63, 3.8) is 0 Å². The molecule has 0 fully saturated rings. The van der Waals surface area contributed by atoms with Gasteiger partial charge >= 0.3 is 0 Å². The molecule has 0 aromatic carbocycles. The number of hydrogen-bond acceptors (Lipinski definition) is 4. The van der Waals surface area contributed by atoms with Crippen LogP contribution >= 0.6 is 23.5 Å². The molecule has 0 bridgehead atoms. The highest BCUT2D eigenvalue weighted by molar-refractivity contribution is 8.13. The fourth-order valence-electron chi connectivity index (χ4n) is 0.289. The lowest BCUT2D eigenvalue weighted by Crippen LogP contribution is -1.81. The van der Waals surface area contributed by atoms with Gasteiger partial charge in [-0.2, -0.15) is 0 Å². The summed E-state index contributed by atoms with van der Waals surface area (Å²) in [5.41, 5.74) is 0. The van der Waals surface area contributed by atoms with Crippen molar-refractivity contribution in [2.45, 2.75) is 34.1 Å². The second-order valence-electron chi connectivity index (χ2n) is 1.86. The number of hydrogen-bond donors (Lipinski definition) is 0. The van der Waals surface area contributed by atoms with Gasteiger partial charge in [-0.1, -0.05) is 44.8 Å². The van der Waals surface area contributed by atoms with E-state index in [1.165, 1.54) is 23.5 Å². The van der Waals surface area contributed by atoms with Crippen molar-refractivity contribution in [2.75, 3.05) is 12.5 Å². The molecule has 0 aliphatic rings. The van der Waals surface area contributed by atoms with Gasteiger partial charge in [-0.05, 0) is 12.5 Å². The summed E-state index contributed by atoms with van der Waals surface area (Å²) in [5.74, 6) is 0. The van der Waals surface area contributed by atoms with E-state index in [4.69, 9.17) is 0 Å². The lowest BCUT2D eigenvalue weighted by molar-refractivity contribution is -0.111. The fourth-order valence-corrected chi connectivity index (χ4v) is 0.866. The van der Waals surface area contributed by atoms with E-state index >= 15 is 0 Å². The van der Waals surface area contributed by atoms with Gasteiger partial charge in [0.25, 0.3) is 0 Å². The summed E-state index contributed by atoms with van der Waals surface area (Å²) in [6, 6.07) is 0. The zero-order valence-electron chi connectivity index (χ0n) is 8.05. The Labute approximate surface area is 90.2 Å². The smallest absolute Gasteiger partial charge is 0.188 e. The summed E-state index contributed by atoms with van der Waals surface area (Å²) < 4.78 is 0. The molecular weight excluding hydrogens is 204 g/mol. The standard InChI is InChI=1S/2C4H8OS.CH4/c2*1-3-4(5)6-2;/h2*3H2,1-2H3;1H4. The summed E-state index contributed by atoms with van der Waals surface area (Å²) in [6.45, 7) is 3.72. The lowest BCUT2D eigenvalue weighted by Gasteiger charge is -1.81. The normalized spacial score (nSPS) is 7.69. The molecule has 0 saturated carbocycles. The Morgan fingerprint density at radius 3 is 1.15 bits per heavy atom. The number of rotatable bonds is 2. The van der Waals surface area contributed by atoms with Crippen molar-refractivity contribution < 1.29 is 9.59 Å². The second-order valence-corrected chi connectivity index (χ2v) is 3.59. The van der Waals surface area contributed by atoms with Crippen LogP contribution in [0.1, 0.15) is 34.1 Å². The Balaban J connectivity index is -0.000000143. The van der Waals surface area contributed by atoms with Gasteiger partial charge in [-0.15, -0.1) is 0 Å². The quantitative estimate of drug-likeness (QED) is 0.721. The van der Waals surface area contributed by atoms with Crippen molar-refractivity contribution >= 4 is 33.8 Å². The molecule has 80 valence electrons. The van der Waals surface area contributed by atoms with Crippen LogP contribution in [0.5, 0.6) is 0 Å². The molecule has 4 heteroatoms. The van der Waals surface area contributed by atoms with Crippen LogP contribution in [0.2, 0.25) is 0 Å². The Morgan fingerprint density at radius 2 is 1.15 bits per heavy atom. The minimum Gasteiger partial charge on any atom is -0.287 e. The van der Waals surface area contributed by atoms with E-state index in [2.05, 4.69) is 0 Å². The molecule has 0 amide bonds. The maximum Gasteiger partial charge on any atom is 0.188 e. The largest absolute Gasteiger partial charge is 0.287 e. The van der Waals surface area contributed by atoms with Crippen LogP contribution in [0, 0.1) is 0 Å². The molecule has 2 nitrogen and oxygen atoms in total. The minimum absolute atomic E-state index is 0. The molecule has 0 aromatic heterocycles. The van der Waals surface area contributed by atoms with Crippen LogP contribution in [0.4, 0.5) is 0 Å². The molecule has 0 aliphatic carbocycles. The van der Waals surface area contributed by atoms with Gasteiger partial charge in [0.2, 0.25) is 0 Å². The summed E-state index contributed by atoms with van der Waals surface area (Å²) >= 11 is 2.57. The van der Waals surface area contributed by atoms with Gasteiger partial charge in [0.05, 0.1) is 0 Å². The summed E-state index contributed by atoms with van der Waals surface area (Å²) in [4.78, 5) is 20.3. The summed E-state index contributed by atoms with van der Waals surface area (Å²) in [7, 11) is 0. The molecule has 0 spiro atoms. The topological polar surface area (TPSA) is 34.1 Å². The van der Waals surface area contributed by atoms with E-state index in [9.17, 15) is 9.59 Å². The molecule has 0 unspecified atom stereocenters. The van der Waals surface area contributed by atoms with Crippen molar-refractivity contribution in [3.8, 4) is 0 Å². The number of thioether (sulfide) groups is 2. The van der Waals surface area contributed by atoms with Gasteiger partial charge in [-0.25, -0.2) is 0 Å². The lowest BCUT2D eigenvalue weighted by atomic mass is 10.6. The first-order valence-corrected chi connectivity index (χ1v) is 6.20. The number of carbonyl (C=O) groups is 2. The van der Waals surface area contributed by atoms with Gasteiger partial charge in [0.1, 0.15) is 0 Å². The van der Waals surface area contributed by atoms with E-state index in [-0.39, 0.29) is 17.7 Å². The van der Waals surface area contributed by atoms with Crippen molar-refractivity contribution in [3.05, 3.63) is 0 Å². The molecule has 13 heavy (non-hydrogen) atoms. The van der Waals surface area contributed by atoms with Crippen molar-refractivity contribution in [2.24, 2.45) is 0 Å². The first-order valence-electron chi connectivity index (χ1n) is 3.75. The average Bonchev–Trinajstić information content (AvgIpc) is 2.16. The van der Waals surface area contributed by atoms with Gasteiger partial charge < -0.3 is 0 Å².